The summed E-state index contributed by atoms with van der Waals surface area (Å²) in [5, 5.41) is 0. The zero-order valence-electron chi connectivity index (χ0n) is 5.26. The van der Waals surface area contributed by atoms with Gasteiger partial charge in [-0.2, -0.15) is 11.8 Å². The zero-order chi connectivity index (χ0) is 6.41. The molecule has 0 heterocycles. The fourth-order valence-electron chi connectivity index (χ4n) is 0.496. The maximum Gasteiger partial charge on any atom is 0.0165 e. The van der Waals surface area contributed by atoms with Crippen LogP contribution in [0.2, 0.25) is 0 Å². The SMILES string of the molecule is C=CCC(N)CSC. The Morgan fingerprint density at radius 3 is 2.88 bits per heavy atom. The predicted molar refractivity (Wildman–Crippen MR) is 41.2 cm³/mol. The molecule has 2 heteroatoms. The van der Waals surface area contributed by atoms with Crippen molar-refractivity contribution in [2.45, 2.75) is 12.5 Å². The maximum absolute atomic E-state index is 5.60. The largest absolute Gasteiger partial charge is 0.327 e. The maximum atomic E-state index is 5.60. The smallest absolute Gasteiger partial charge is 0.0165 e. The van der Waals surface area contributed by atoms with Crippen LogP contribution in [0.25, 0.3) is 0 Å². The Hall–Kier alpha value is 0.0500. The molecule has 0 rings (SSSR count). The summed E-state index contributed by atoms with van der Waals surface area (Å²) in [5.41, 5.74) is 5.60. The molecule has 0 bridgehead atoms. The number of nitrogens with two attached hydrogens (primary N) is 1. The lowest BCUT2D eigenvalue weighted by molar-refractivity contribution is 0.770. The van der Waals surface area contributed by atoms with Gasteiger partial charge in [0.15, 0.2) is 0 Å². The number of thioether (sulfide) groups is 1. The van der Waals surface area contributed by atoms with E-state index in [4.69, 9.17) is 5.73 Å². The van der Waals surface area contributed by atoms with Gasteiger partial charge in [-0.15, -0.1) is 6.58 Å². The van der Waals surface area contributed by atoms with Crippen LogP contribution in [-0.4, -0.2) is 18.1 Å². The monoisotopic (exact) mass is 131 g/mol. The second kappa shape index (κ2) is 5.19. The predicted octanol–water partition coefficient (Wildman–Crippen LogP) is 1.25. The number of rotatable bonds is 4. The third-order valence-electron chi connectivity index (χ3n) is 0.850. The van der Waals surface area contributed by atoms with Crippen molar-refractivity contribution in [1.29, 1.82) is 0 Å². The summed E-state index contributed by atoms with van der Waals surface area (Å²) in [4.78, 5) is 0. The van der Waals surface area contributed by atoms with E-state index in [9.17, 15) is 0 Å². The highest BCUT2D eigenvalue weighted by Crippen LogP contribution is 1.97. The van der Waals surface area contributed by atoms with Crippen LogP contribution in [0.4, 0.5) is 0 Å². The molecule has 0 aromatic carbocycles. The third-order valence-corrected chi connectivity index (χ3v) is 1.61. The lowest BCUT2D eigenvalue weighted by Crippen LogP contribution is -2.21. The second-order valence-electron chi connectivity index (χ2n) is 1.74. The minimum absolute atomic E-state index is 0.308. The molecule has 1 nitrogen and oxygen atoms in total. The second-order valence-corrected chi connectivity index (χ2v) is 2.65. The van der Waals surface area contributed by atoms with Crippen molar-refractivity contribution < 1.29 is 0 Å². The average Bonchev–Trinajstić information content (AvgIpc) is 1.68. The van der Waals surface area contributed by atoms with Crippen LogP contribution in [0, 0.1) is 0 Å². The molecule has 0 amide bonds. The van der Waals surface area contributed by atoms with E-state index < -0.39 is 0 Å². The lowest BCUT2D eigenvalue weighted by atomic mass is 10.2. The number of hydrogen-bond donors (Lipinski definition) is 1. The van der Waals surface area contributed by atoms with Gasteiger partial charge >= 0.3 is 0 Å². The molecular formula is C6H13NS. The Kier molecular flexibility index (Phi) is 5.22. The van der Waals surface area contributed by atoms with Crippen molar-refractivity contribution in [3.8, 4) is 0 Å². The van der Waals surface area contributed by atoms with Crippen molar-refractivity contribution in [2.75, 3.05) is 12.0 Å². The van der Waals surface area contributed by atoms with Crippen LogP contribution < -0.4 is 5.73 Å². The Bertz CT molecular complexity index is 63.5. The van der Waals surface area contributed by atoms with Crippen LogP contribution in [0.5, 0.6) is 0 Å². The highest BCUT2D eigenvalue weighted by molar-refractivity contribution is 7.98. The average molecular weight is 131 g/mol. The lowest BCUT2D eigenvalue weighted by Gasteiger charge is -2.03. The van der Waals surface area contributed by atoms with Gasteiger partial charge in [0.05, 0.1) is 0 Å². The molecule has 0 fully saturated rings. The highest BCUT2D eigenvalue weighted by Gasteiger charge is 1.94. The molecule has 8 heavy (non-hydrogen) atoms. The van der Waals surface area contributed by atoms with E-state index in [-0.39, 0.29) is 0 Å². The fraction of sp³-hybridized carbons (Fsp3) is 0.667. The van der Waals surface area contributed by atoms with Crippen LogP contribution in [0.3, 0.4) is 0 Å². The molecule has 0 aliphatic carbocycles. The fourth-order valence-corrected chi connectivity index (χ4v) is 1.06. The van der Waals surface area contributed by atoms with Crippen molar-refractivity contribution in [3.63, 3.8) is 0 Å². The molecule has 48 valence electrons. The van der Waals surface area contributed by atoms with Crippen LogP contribution in [0.15, 0.2) is 12.7 Å². The summed E-state index contributed by atoms with van der Waals surface area (Å²) in [5.74, 6) is 1.03. The van der Waals surface area contributed by atoms with Gasteiger partial charge < -0.3 is 5.73 Å². The van der Waals surface area contributed by atoms with E-state index in [0.717, 1.165) is 12.2 Å². The first-order valence-electron chi connectivity index (χ1n) is 2.66. The van der Waals surface area contributed by atoms with Crippen molar-refractivity contribution in [1.82, 2.24) is 0 Å². The van der Waals surface area contributed by atoms with E-state index >= 15 is 0 Å². The van der Waals surface area contributed by atoms with Crippen LogP contribution in [0.1, 0.15) is 6.42 Å². The molecular weight excluding hydrogens is 118 g/mol. The van der Waals surface area contributed by atoms with Gasteiger partial charge in [0.25, 0.3) is 0 Å². The molecule has 1 atom stereocenters. The van der Waals surface area contributed by atoms with Gasteiger partial charge in [0.2, 0.25) is 0 Å². The molecule has 2 N–H and O–H groups in total. The molecule has 0 aromatic heterocycles. The summed E-state index contributed by atoms with van der Waals surface area (Å²) in [6.07, 6.45) is 4.85. The van der Waals surface area contributed by atoms with E-state index in [0.29, 0.717) is 6.04 Å². The molecule has 1 unspecified atom stereocenters. The van der Waals surface area contributed by atoms with Crippen molar-refractivity contribution in [2.24, 2.45) is 5.73 Å². The number of hydrogen-bond acceptors (Lipinski definition) is 2. The molecule has 0 saturated heterocycles. The molecule has 0 radical (unpaired) electrons. The summed E-state index contributed by atoms with van der Waals surface area (Å²) >= 11 is 1.78. The van der Waals surface area contributed by atoms with E-state index in [2.05, 4.69) is 12.8 Å². The van der Waals surface area contributed by atoms with Gasteiger partial charge in [-0.3, -0.25) is 0 Å². The summed E-state index contributed by atoms with van der Waals surface area (Å²) in [7, 11) is 0. The standard InChI is InChI=1S/C6H13NS/c1-3-4-6(7)5-8-2/h3,6H,1,4-5,7H2,2H3. The minimum atomic E-state index is 0.308. The van der Waals surface area contributed by atoms with E-state index in [1.807, 2.05) is 6.08 Å². The molecule has 0 aromatic rings. The van der Waals surface area contributed by atoms with Gasteiger partial charge in [-0.05, 0) is 12.7 Å². The van der Waals surface area contributed by atoms with Crippen LogP contribution >= 0.6 is 11.8 Å². The van der Waals surface area contributed by atoms with Gasteiger partial charge in [0, 0.05) is 11.8 Å². The van der Waals surface area contributed by atoms with Gasteiger partial charge in [-0.25, -0.2) is 0 Å². The Labute approximate surface area is 55.3 Å². The Morgan fingerprint density at radius 2 is 2.50 bits per heavy atom. The van der Waals surface area contributed by atoms with Gasteiger partial charge in [0.1, 0.15) is 0 Å². The van der Waals surface area contributed by atoms with E-state index in [1.165, 1.54) is 0 Å². The van der Waals surface area contributed by atoms with Crippen LogP contribution in [-0.2, 0) is 0 Å². The Morgan fingerprint density at radius 1 is 1.88 bits per heavy atom. The molecule has 0 aliphatic rings. The minimum Gasteiger partial charge on any atom is -0.327 e. The van der Waals surface area contributed by atoms with Crippen molar-refractivity contribution >= 4 is 11.8 Å². The Balaban J connectivity index is 3.03. The molecule has 0 saturated carbocycles. The first-order chi connectivity index (χ1) is 3.81. The summed E-state index contributed by atoms with van der Waals surface area (Å²) in [6.45, 7) is 3.59. The molecule has 0 aliphatic heterocycles. The van der Waals surface area contributed by atoms with E-state index in [1.54, 1.807) is 11.8 Å². The topological polar surface area (TPSA) is 26.0 Å². The zero-order valence-corrected chi connectivity index (χ0v) is 6.08. The summed E-state index contributed by atoms with van der Waals surface area (Å²) in [6, 6.07) is 0.308. The summed E-state index contributed by atoms with van der Waals surface area (Å²) < 4.78 is 0. The first kappa shape index (κ1) is 8.05. The first-order valence-corrected chi connectivity index (χ1v) is 4.06. The quantitative estimate of drug-likeness (QED) is 0.581. The molecule has 0 spiro atoms. The normalized spacial score (nSPS) is 13.2. The third kappa shape index (κ3) is 4.22. The van der Waals surface area contributed by atoms with Crippen molar-refractivity contribution in [3.05, 3.63) is 12.7 Å². The van der Waals surface area contributed by atoms with Gasteiger partial charge in [-0.1, -0.05) is 6.08 Å². The highest BCUT2D eigenvalue weighted by atomic mass is 32.2.